The van der Waals surface area contributed by atoms with Gasteiger partial charge in [0.05, 0.1) is 10.7 Å². The topological polar surface area (TPSA) is 51.8 Å². The summed E-state index contributed by atoms with van der Waals surface area (Å²) in [5.74, 6) is 1.32. The molecule has 6 heteroatoms. The third-order valence-corrected chi connectivity index (χ3v) is 5.30. The van der Waals surface area contributed by atoms with Crippen LogP contribution < -0.4 is 0 Å². The highest BCUT2D eigenvalue weighted by molar-refractivity contribution is 7.98. The number of aryl methyl sites for hydroxylation is 3. The Balaban J connectivity index is 1.69. The molecule has 0 saturated carbocycles. The molecule has 2 heterocycles. The minimum absolute atomic E-state index is 0.568. The van der Waals surface area contributed by atoms with Crippen LogP contribution in [-0.2, 0) is 12.2 Å². The van der Waals surface area contributed by atoms with Crippen molar-refractivity contribution in [1.82, 2.24) is 15.2 Å². The second-order valence-electron chi connectivity index (χ2n) is 5.05. The summed E-state index contributed by atoms with van der Waals surface area (Å²) < 4.78 is 5.74. The molecule has 2 aromatic heterocycles. The second-order valence-corrected chi connectivity index (χ2v) is 6.92. The van der Waals surface area contributed by atoms with Crippen LogP contribution in [0.25, 0.3) is 11.5 Å². The van der Waals surface area contributed by atoms with Crippen molar-refractivity contribution < 1.29 is 4.42 Å². The molecule has 1 aromatic carbocycles. The van der Waals surface area contributed by atoms with Gasteiger partial charge in [-0.15, -0.1) is 21.5 Å². The smallest absolute Gasteiger partial charge is 0.277 e. The molecule has 0 radical (unpaired) electrons. The van der Waals surface area contributed by atoms with Crippen molar-refractivity contribution >= 4 is 23.1 Å². The average molecular weight is 331 g/mol. The van der Waals surface area contributed by atoms with Gasteiger partial charge in [-0.1, -0.05) is 24.8 Å². The quantitative estimate of drug-likeness (QED) is 0.636. The van der Waals surface area contributed by atoms with Crippen LogP contribution in [0.4, 0.5) is 0 Å². The molecule has 0 amide bonds. The molecular formula is C16H17N3OS2. The van der Waals surface area contributed by atoms with E-state index in [9.17, 15) is 0 Å². The van der Waals surface area contributed by atoms with E-state index in [0.717, 1.165) is 28.4 Å². The lowest BCUT2D eigenvalue weighted by atomic mass is 10.1. The van der Waals surface area contributed by atoms with E-state index in [2.05, 4.69) is 53.5 Å². The number of nitrogens with zero attached hydrogens (tertiary/aromatic N) is 3. The fourth-order valence-corrected chi connectivity index (χ4v) is 3.48. The number of hydrogen-bond donors (Lipinski definition) is 0. The fraction of sp³-hybridized carbons (Fsp3) is 0.312. The highest BCUT2D eigenvalue weighted by Gasteiger charge is 2.11. The summed E-state index contributed by atoms with van der Waals surface area (Å²) in [4.78, 5) is 4.54. The Kier molecular flexibility index (Phi) is 4.59. The largest absolute Gasteiger partial charge is 0.411 e. The molecule has 0 saturated heterocycles. The molecule has 114 valence electrons. The third kappa shape index (κ3) is 3.39. The van der Waals surface area contributed by atoms with Gasteiger partial charge in [0, 0.05) is 16.7 Å². The molecule has 3 aromatic rings. The van der Waals surface area contributed by atoms with E-state index in [1.165, 1.54) is 22.9 Å². The molecule has 0 bridgehead atoms. The van der Waals surface area contributed by atoms with Gasteiger partial charge in [0.1, 0.15) is 0 Å². The normalized spacial score (nSPS) is 11.0. The van der Waals surface area contributed by atoms with E-state index in [1.54, 1.807) is 11.3 Å². The van der Waals surface area contributed by atoms with Crippen molar-refractivity contribution in [3.05, 3.63) is 45.4 Å². The average Bonchev–Trinajstić information content (AvgIpc) is 3.16. The number of rotatable bonds is 5. The first kappa shape index (κ1) is 15.2. The molecule has 4 nitrogen and oxygen atoms in total. The van der Waals surface area contributed by atoms with Gasteiger partial charge in [-0.3, -0.25) is 0 Å². The van der Waals surface area contributed by atoms with Crippen LogP contribution in [0.15, 0.2) is 33.2 Å². The van der Waals surface area contributed by atoms with Crippen LogP contribution in [0.3, 0.4) is 0 Å². The predicted octanol–water partition coefficient (Wildman–Crippen LogP) is 4.66. The van der Waals surface area contributed by atoms with Crippen LogP contribution in [-0.4, -0.2) is 15.2 Å². The summed E-state index contributed by atoms with van der Waals surface area (Å²) in [6.07, 6.45) is 0.979. The van der Waals surface area contributed by atoms with Crippen molar-refractivity contribution in [1.29, 1.82) is 0 Å². The number of thiazole rings is 1. The Morgan fingerprint density at radius 3 is 2.77 bits per heavy atom. The number of hydrogen-bond acceptors (Lipinski definition) is 6. The monoisotopic (exact) mass is 331 g/mol. The molecule has 0 N–H and O–H groups in total. The summed E-state index contributed by atoms with van der Waals surface area (Å²) in [5.41, 5.74) is 4.51. The predicted molar refractivity (Wildman–Crippen MR) is 90.3 cm³/mol. The SMILES string of the molecule is CCc1nc(CSc2nnc(-c3ccc(C)c(C)c3)o2)cs1. The molecule has 0 aliphatic rings. The van der Waals surface area contributed by atoms with Gasteiger partial charge in [-0.2, -0.15) is 0 Å². The van der Waals surface area contributed by atoms with Crippen LogP contribution in [0, 0.1) is 13.8 Å². The van der Waals surface area contributed by atoms with Crippen LogP contribution in [0.2, 0.25) is 0 Å². The van der Waals surface area contributed by atoms with E-state index in [4.69, 9.17) is 4.42 Å². The Morgan fingerprint density at radius 1 is 1.18 bits per heavy atom. The van der Waals surface area contributed by atoms with Crippen molar-refractivity contribution in [2.45, 2.75) is 38.2 Å². The highest BCUT2D eigenvalue weighted by Crippen LogP contribution is 2.27. The summed E-state index contributed by atoms with van der Waals surface area (Å²) in [7, 11) is 0. The lowest BCUT2D eigenvalue weighted by Gasteiger charge is -2.00. The molecule has 0 aliphatic heterocycles. The number of aromatic nitrogens is 3. The molecule has 0 unspecified atom stereocenters. The van der Waals surface area contributed by atoms with Crippen LogP contribution >= 0.6 is 23.1 Å². The molecule has 0 spiro atoms. The third-order valence-electron chi connectivity index (χ3n) is 3.41. The fourth-order valence-electron chi connectivity index (χ4n) is 1.97. The zero-order chi connectivity index (χ0) is 15.5. The standard InChI is InChI=1S/C16H17N3OS2/c1-4-14-17-13(8-21-14)9-22-16-19-18-15(20-16)12-6-5-10(2)11(3)7-12/h5-8H,4,9H2,1-3H3. The Labute approximate surface area is 138 Å². The van der Waals surface area contributed by atoms with Gasteiger partial charge in [-0.05, 0) is 43.5 Å². The van der Waals surface area contributed by atoms with Gasteiger partial charge in [0.25, 0.3) is 5.22 Å². The minimum Gasteiger partial charge on any atom is -0.411 e. The van der Waals surface area contributed by atoms with E-state index in [-0.39, 0.29) is 0 Å². The van der Waals surface area contributed by atoms with Gasteiger partial charge < -0.3 is 4.42 Å². The van der Waals surface area contributed by atoms with Crippen molar-refractivity contribution in [3.8, 4) is 11.5 Å². The Morgan fingerprint density at radius 2 is 2.05 bits per heavy atom. The molecule has 0 fully saturated rings. The molecule has 22 heavy (non-hydrogen) atoms. The van der Waals surface area contributed by atoms with Gasteiger partial charge in [0.2, 0.25) is 5.89 Å². The number of benzene rings is 1. The minimum atomic E-state index is 0.568. The zero-order valence-corrected chi connectivity index (χ0v) is 14.4. The summed E-state index contributed by atoms with van der Waals surface area (Å²) >= 11 is 3.22. The van der Waals surface area contributed by atoms with E-state index in [1.807, 2.05) is 6.07 Å². The Hall–Kier alpha value is -1.66. The lowest BCUT2D eigenvalue weighted by Crippen LogP contribution is -1.83. The first-order valence-electron chi connectivity index (χ1n) is 7.13. The first-order valence-corrected chi connectivity index (χ1v) is 8.99. The van der Waals surface area contributed by atoms with Crippen LogP contribution in [0.5, 0.6) is 0 Å². The summed E-state index contributed by atoms with van der Waals surface area (Å²) in [6, 6.07) is 6.16. The van der Waals surface area contributed by atoms with Crippen molar-refractivity contribution in [2.24, 2.45) is 0 Å². The summed E-state index contributed by atoms with van der Waals surface area (Å²) in [6.45, 7) is 6.29. The van der Waals surface area contributed by atoms with Crippen LogP contribution in [0.1, 0.15) is 28.8 Å². The molecule has 0 aliphatic carbocycles. The molecule has 0 atom stereocenters. The van der Waals surface area contributed by atoms with E-state index < -0.39 is 0 Å². The van der Waals surface area contributed by atoms with Crippen molar-refractivity contribution in [3.63, 3.8) is 0 Å². The van der Waals surface area contributed by atoms with E-state index >= 15 is 0 Å². The maximum absolute atomic E-state index is 5.74. The van der Waals surface area contributed by atoms with Crippen molar-refractivity contribution in [2.75, 3.05) is 0 Å². The van der Waals surface area contributed by atoms with Gasteiger partial charge >= 0.3 is 0 Å². The maximum atomic E-state index is 5.74. The second kappa shape index (κ2) is 6.62. The maximum Gasteiger partial charge on any atom is 0.277 e. The highest BCUT2D eigenvalue weighted by atomic mass is 32.2. The zero-order valence-electron chi connectivity index (χ0n) is 12.8. The molecule has 3 rings (SSSR count). The number of thioether (sulfide) groups is 1. The Bertz CT molecular complexity index is 779. The summed E-state index contributed by atoms with van der Waals surface area (Å²) in [5, 5.41) is 12.1. The van der Waals surface area contributed by atoms with Gasteiger partial charge in [0.15, 0.2) is 0 Å². The molecular weight excluding hydrogens is 314 g/mol. The lowest BCUT2D eigenvalue weighted by molar-refractivity contribution is 0.465. The van der Waals surface area contributed by atoms with Gasteiger partial charge in [-0.25, -0.2) is 4.98 Å². The first-order chi connectivity index (χ1) is 10.7. The van der Waals surface area contributed by atoms with E-state index in [0.29, 0.717) is 11.1 Å².